The normalized spacial score (nSPS) is 14.7. The molecule has 1 aliphatic carbocycles. The predicted octanol–water partition coefficient (Wildman–Crippen LogP) is 9.89. The molecule has 0 saturated heterocycles. The van der Waals surface area contributed by atoms with Crippen LogP contribution in [0.15, 0.2) is 24.3 Å². The Morgan fingerprint density at radius 3 is 1.55 bits per heavy atom. The summed E-state index contributed by atoms with van der Waals surface area (Å²) in [6.07, 6.45) is 24.2. The number of hydrogen-bond acceptors (Lipinski definition) is 16. The second-order valence-electron chi connectivity index (χ2n) is 25.4. The van der Waals surface area contributed by atoms with Gasteiger partial charge in [-0.15, -0.1) is 0 Å². The molecular weight excluding hydrogens is 1210 g/mol. The fraction of sp³-hybridized carbons (Fsp3) is 0.746. The topological polar surface area (TPSA) is 365 Å². The molecule has 0 heterocycles. The van der Waals surface area contributed by atoms with Crippen molar-refractivity contribution in [3.8, 4) is 0 Å². The van der Waals surface area contributed by atoms with E-state index in [-0.39, 0.29) is 164 Å². The second kappa shape index (κ2) is 53.9. The molecular formula is C71H114N4O19. The van der Waals surface area contributed by atoms with Crippen LogP contribution in [0.1, 0.15) is 253 Å². The van der Waals surface area contributed by atoms with Crippen molar-refractivity contribution in [2.24, 2.45) is 29.4 Å². The molecule has 1 aromatic carbocycles. The fourth-order valence-electron chi connectivity index (χ4n) is 11.4. The Morgan fingerprint density at radius 1 is 0.468 bits per heavy atom. The van der Waals surface area contributed by atoms with Gasteiger partial charge in [0.15, 0.2) is 23.1 Å². The lowest BCUT2D eigenvalue weighted by Gasteiger charge is -2.28. The van der Waals surface area contributed by atoms with Crippen LogP contribution in [0, 0.1) is 30.6 Å². The maximum absolute atomic E-state index is 13.3. The number of unbranched alkanes of at least 4 members (excludes halogenated alkanes) is 17. The van der Waals surface area contributed by atoms with Crippen molar-refractivity contribution in [3.63, 3.8) is 0 Å². The number of benzene rings is 1. The van der Waals surface area contributed by atoms with E-state index in [1.807, 2.05) is 19.1 Å². The molecule has 1 aliphatic rings. The lowest BCUT2D eigenvalue weighted by Crippen LogP contribution is -2.41. The third-order valence-electron chi connectivity index (χ3n) is 17.2. The summed E-state index contributed by atoms with van der Waals surface area (Å²) in [6.45, 7) is 2.71. The zero-order valence-electron chi connectivity index (χ0n) is 56.4. The smallest absolute Gasteiger partial charge is 0.306 e. The second-order valence-corrected chi connectivity index (χ2v) is 25.4. The highest BCUT2D eigenvalue weighted by molar-refractivity contribution is 5.96. The van der Waals surface area contributed by atoms with Crippen LogP contribution in [0.2, 0.25) is 0 Å². The van der Waals surface area contributed by atoms with Crippen LogP contribution in [-0.2, 0) is 71.7 Å². The maximum Gasteiger partial charge on any atom is 0.306 e. The summed E-state index contributed by atoms with van der Waals surface area (Å²) in [5.41, 5.74) is 7.27. The minimum atomic E-state index is -1.21. The number of Topliss-reactive ketones (excluding diaryl/α,β-unsaturated/α-hetero) is 5. The van der Waals surface area contributed by atoms with E-state index in [4.69, 9.17) is 29.8 Å². The number of nitrogens with one attached hydrogen (secondary N) is 3. The Kier molecular flexibility index (Phi) is 48.0. The Bertz CT molecular complexity index is 2390. The van der Waals surface area contributed by atoms with Gasteiger partial charge < -0.3 is 56.0 Å². The van der Waals surface area contributed by atoms with Gasteiger partial charge in [-0.25, -0.2) is 0 Å². The molecule has 4 amide bonds. The van der Waals surface area contributed by atoms with E-state index in [1.165, 1.54) is 64.2 Å². The summed E-state index contributed by atoms with van der Waals surface area (Å²) in [4.78, 5) is 147. The molecule has 0 radical (unpaired) electrons. The molecule has 3 unspecified atom stereocenters. The molecule has 0 bridgehead atoms. The molecule has 23 nitrogen and oxygen atoms in total. The van der Waals surface area contributed by atoms with Gasteiger partial charge in [0.1, 0.15) is 19.0 Å². The number of carbonyl (C=O) groups is 12. The predicted molar refractivity (Wildman–Crippen MR) is 354 cm³/mol. The molecule has 23 heteroatoms. The van der Waals surface area contributed by atoms with E-state index in [0.29, 0.717) is 69.9 Å². The first-order valence-electron chi connectivity index (χ1n) is 35.0. The van der Waals surface area contributed by atoms with Crippen LogP contribution in [0.25, 0.3) is 0 Å². The highest BCUT2D eigenvalue weighted by Crippen LogP contribution is 2.31. The van der Waals surface area contributed by atoms with Crippen LogP contribution in [0.5, 0.6) is 0 Å². The van der Waals surface area contributed by atoms with E-state index < -0.39 is 59.3 Å². The van der Waals surface area contributed by atoms with E-state index >= 15 is 0 Å². The van der Waals surface area contributed by atoms with E-state index in [9.17, 15) is 67.7 Å². The van der Waals surface area contributed by atoms with Gasteiger partial charge >= 0.3 is 17.9 Å². The quantitative estimate of drug-likeness (QED) is 0.0235. The molecule has 8 N–H and O–H groups in total. The summed E-state index contributed by atoms with van der Waals surface area (Å²) in [5.74, 6) is -7.63. The van der Waals surface area contributed by atoms with Gasteiger partial charge in [-0.2, -0.15) is 0 Å². The molecule has 94 heavy (non-hydrogen) atoms. The summed E-state index contributed by atoms with van der Waals surface area (Å²) in [7, 11) is 0. The van der Waals surface area contributed by atoms with Gasteiger partial charge in [0, 0.05) is 94.9 Å². The van der Waals surface area contributed by atoms with E-state index in [1.54, 1.807) is 12.1 Å². The average Bonchev–Trinajstić information content (AvgIpc) is 1.06. The van der Waals surface area contributed by atoms with Gasteiger partial charge in [-0.3, -0.25) is 57.5 Å². The Labute approximate surface area is 557 Å². The molecule has 1 aromatic rings. The van der Waals surface area contributed by atoms with E-state index in [2.05, 4.69) is 16.0 Å². The molecule has 0 aromatic heterocycles. The SMILES string of the molecule is Cc1ccc(C(=O)CCCCCC(CC(=O)CNC(=O)COCCOCCCC(=O)COCCOCCCC(=O)C(CCC(=O)O)NC(=O)CCC(CC(=O)C2CCC(CNC(=O)CCCCCCCCCCCCCCCCCCC(=O)O)CC2)C(=O)O)C(N)=O)cc1. The number of aliphatic carboxylic acids is 3. The van der Waals surface area contributed by atoms with Crippen molar-refractivity contribution in [1.29, 1.82) is 0 Å². The Morgan fingerprint density at radius 2 is 0.989 bits per heavy atom. The van der Waals surface area contributed by atoms with Crippen molar-refractivity contribution in [1.82, 2.24) is 16.0 Å². The zero-order chi connectivity index (χ0) is 69.0. The third kappa shape index (κ3) is 45.1. The number of rotatable bonds is 63. The minimum Gasteiger partial charge on any atom is -0.481 e. The number of ketones is 5. The number of primary amides is 1. The molecule has 532 valence electrons. The van der Waals surface area contributed by atoms with Gasteiger partial charge in [-0.1, -0.05) is 133 Å². The first-order valence-corrected chi connectivity index (χ1v) is 35.0. The lowest BCUT2D eigenvalue weighted by atomic mass is 9.78. The van der Waals surface area contributed by atoms with Crippen molar-refractivity contribution < 1.29 is 91.8 Å². The van der Waals surface area contributed by atoms with Crippen LogP contribution in [0.3, 0.4) is 0 Å². The third-order valence-corrected chi connectivity index (χ3v) is 17.2. The molecule has 1 fully saturated rings. The summed E-state index contributed by atoms with van der Waals surface area (Å²) >= 11 is 0. The van der Waals surface area contributed by atoms with Crippen LogP contribution < -0.4 is 21.7 Å². The number of amides is 4. The van der Waals surface area contributed by atoms with Crippen molar-refractivity contribution in [2.45, 2.75) is 251 Å². The summed E-state index contributed by atoms with van der Waals surface area (Å²) in [6, 6.07) is 6.28. The molecule has 0 aliphatic heterocycles. The largest absolute Gasteiger partial charge is 0.481 e. The van der Waals surface area contributed by atoms with Crippen LogP contribution in [0.4, 0.5) is 0 Å². The number of carboxylic acid groups (broad SMARTS) is 3. The first kappa shape index (κ1) is 83.8. The molecule has 1 saturated carbocycles. The first-order chi connectivity index (χ1) is 45.2. The molecule has 0 spiro atoms. The molecule has 3 atom stereocenters. The average molecular weight is 1330 g/mol. The van der Waals surface area contributed by atoms with Gasteiger partial charge in [-0.05, 0) is 89.9 Å². The number of aryl methyl sites for hydroxylation is 1. The van der Waals surface area contributed by atoms with E-state index in [0.717, 1.165) is 56.9 Å². The number of nitrogens with two attached hydrogens (primary N) is 1. The summed E-state index contributed by atoms with van der Waals surface area (Å²) in [5, 5.41) is 36.1. The maximum atomic E-state index is 13.3. The monoisotopic (exact) mass is 1330 g/mol. The van der Waals surface area contributed by atoms with Crippen molar-refractivity contribution >= 4 is 70.5 Å². The molecule has 2 rings (SSSR count). The number of carboxylic acids is 3. The number of carbonyl (C=O) groups excluding carboxylic acids is 9. The standard InChI is InChI=1S/C71H114N4O19/c1-53-29-33-55(34-30-53)62(78)25-18-16-17-23-57(70(72)88)47-60(77)50-74-67(83)52-94-46-44-91-41-21-24-59(76)51-93-45-43-92-42-22-26-63(79)61(38-40-69(86)87)75-66(82)39-37-58(71(89)90)48-64(80)56-35-31-54(32-36-56)49-73-65(81)27-19-14-12-10-8-6-4-2-3-5-7-9-11-13-15-20-28-68(84)85/h29-30,33-34,54,56-58,61H,2-28,31-32,35-52H2,1H3,(H2,72,88)(H,73,81)(H,74,83)(H,75,82)(H,84,85)(H,86,87)(H,89,90). The fourth-order valence-corrected chi connectivity index (χ4v) is 11.4. The minimum absolute atomic E-state index is 0.0328. The number of ether oxygens (including phenoxy) is 4. The van der Waals surface area contributed by atoms with Crippen LogP contribution >= 0.6 is 0 Å². The van der Waals surface area contributed by atoms with Crippen molar-refractivity contribution in [3.05, 3.63) is 35.4 Å². The lowest BCUT2D eigenvalue weighted by molar-refractivity contribution is -0.145. The van der Waals surface area contributed by atoms with Gasteiger partial charge in [0.2, 0.25) is 23.6 Å². The van der Waals surface area contributed by atoms with Gasteiger partial charge in [0.25, 0.3) is 0 Å². The Hall–Kier alpha value is -6.30. The summed E-state index contributed by atoms with van der Waals surface area (Å²) < 4.78 is 21.7. The highest BCUT2D eigenvalue weighted by Gasteiger charge is 2.31. The highest BCUT2D eigenvalue weighted by atomic mass is 16.5. The number of hydrogen-bond donors (Lipinski definition) is 7. The van der Waals surface area contributed by atoms with Gasteiger partial charge in [0.05, 0.1) is 44.9 Å². The van der Waals surface area contributed by atoms with Crippen LogP contribution in [-0.4, -0.2) is 158 Å². The Balaban J connectivity index is 1.48. The van der Waals surface area contributed by atoms with Crippen molar-refractivity contribution in [2.75, 3.05) is 65.9 Å². The zero-order valence-corrected chi connectivity index (χ0v) is 56.4.